The van der Waals surface area contributed by atoms with E-state index in [1.165, 1.54) is 26.1 Å². The Balaban J connectivity index is 1.83. The predicted octanol–water partition coefficient (Wildman–Crippen LogP) is 6.08. The number of rotatable bonds is 2. The Kier molecular flexibility index (Phi) is 3.56. The number of ether oxygens (including phenoxy) is 1. The first kappa shape index (κ1) is 13.8. The van der Waals surface area contributed by atoms with Crippen molar-refractivity contribution in [1.29, 1.82) is 0 Å². The summed E-state index contributed by atoms with van der Waals surface area (Å²) in [5.74, 6) is 1.05. The van der Waals surface area contributed by atoms with Gasteiger partial charge in [-0.3, -0.25) is 0 Å². The van der Waals surface area contributed by atoms with Gasteiger partial charge in [-0.2, -0.15) is 0 Å². The number of hydrogen-bond acceptors (Lipinski definition) is 2. The molecule has 3 aromatic rings. The van der Waals surface area contributed by atoms with Gasteiger partial charge in [0.2, 0.25) is 0 Å². The fourth-order valence-corrected chi connectivity index (χ4v) is 5.10. The molecule has 0 spiro atoms. The normalized spacial score (nSPS) is 15.0. The molecule has 4 rings (SSSR count). The number of fused-ring (bicyclic) bond motifs is 2. The summed E-state index contributed by atoms with van der Waals surface area (Å²) in [6, 6.07) is 15.1. The summed E-state index contributed by atoms with van der Waals surface area (Å²) in [7, 11) is 0. The fourth-order valence-electron chi connectivity index (χ4n) is 2.77. The van der Waals surface area contributed by atoms with Crippen molar-refractivity contribution in [3.8, 4) is 5.75 Å². The van der Waals surface area contributed by atoms with Gasteiger partial charge in [0.05, 0.1) is 11.4 Å². The smallest absolute Gasteiger partial charge is 0.127 e. The maximum atomic E-state index is 5.86. The van der Waals surface area contributed by atoms with E-state index in [1.807, 2.05) is 11.3 Å². The van der Waals surface area contributed by atoms with Crippen LogP contribution in [0.4, 0.5) is 0 Å². The van der Waals surface area contributed by atoms with Crippen LogP contribution in [0.2, 0.25) is 0 Å². The third-order valence-corrected chi connectivity index (χ3v) is 6.67. The molecule has 0 amide bonds. The second-order valence-corrected chi connectivity index (χ2v) is 8.08. The molecule has 0 saturated heterocycles. The highest BCUT2D eigenvalue weighted by molar-refractivity contribution is 9.10. The van der Waals surface area contributed by atoms with Gasteiger partial charge in [0, 0.05) is 26.0 Å². The molecule has 1 aliphatic heterocycles. The van der Waals surface area contributed by atoms with Gasteiger partial charge in [0.15, 0.2) is 0 Å². The van der Waals surface area contributed by atoms with E-state index >= 15 is 0 Å². The summed E-state index contributed by atoms with van der Waals surface area (Å²) in [6.45, 7) is 0.783. The van der Waals surface area contributed by atoms with Crippen LogP contribution in [-0.4, -0.2) is 6.61 Å². The van der Waals surface area contributed by atoms with Crippen LogP contribution < -0.4 is 4.74 Å². The number of benzene rings is 2. The average Bonchev–Trinajstić information content (AvgIpc) is 3.11. The van der Waals surface area contributed by atoms with Gasteiger partial charge in [-0.05, 0) is 35.2 Å². The van der Waals surface area contributed by atoms with Crippen molar-refractivity contribution in [3.63, 3.8) is 0 Å². The monoisotopic (exact) mass is 422 g/mol. The zero-order chi connectivity index (χ0) is 14.4. The van der Waals surface area contributed by atoms with Crippen LogP contribution in [0.3, 0.4) is 0 Å². The summed E-state index contributed by atoms with van der Waals surface area (Å²) < 4.78 is 8.30. The highest BCUT2D eigenvalue weighted by Gasteiger charge is 2.24. The van der Waals surface area contributed by atoms with Gasteiger partial charge in [-0.1, -0.05) is 50.1 Å². The molecule has 1 nitrogen and oxygen atoms in total. The van der Waals surface area contributed by atoms with Crippen molar-refractivity contribution in [2.45, 2.75) is 11.2 Å². The highest BCUT2D eigenvalue weighted by Crippen LogP contribution is 2.45. The Labute approximate surface area is 144 Å². The standard InChI is InChI=1S/C17H12Br2OS/c18-12-7-11-5-6-20-17(11)13(9-12)16(19)15-8-10-3-1-2-4-14(10)21-15/h1-4,7-9,16H,5-6H2. The molecule has 106 valence electrons. The summed E-state index contributed by atoms with van der Waals surface area (Å²) in [6.07, 6.45) is 0.994. The molecule has 0 radical (unpaired) electrons. The first-order valence-electron chi connectivity index (χ1n) is 6.80. The molecule has 21 heavy (non-hydrogen) atoms. The quantitative estimate of drug-likeness (QED) is 0.453. The Hall–Kier alpha value is -0.840. The molecule has 0 N–H and O–H groups in total. The van der Waals surface area contributed by atoms with E-state index in [0.717, 1.165) is 23.2 Å². The Morgan fingerprint density at radius 1 is 1.14 bits per heavy atom. The van der Waals surface area contributed by atoms with E-state index in [1.54, 1.807) is 0 Å². The topological polar surface area (TPSA) is 9.23 Å². The van der Waals surface area contributed by atoms with Crippen molar-refractivity contribution in [2.24, 2.45) is 0 Å². The molecule has 0 aliphatic carbocycles. The molecule has 1 aliphatic rings. The van der Waals surface area contributed by atoms with E-state index in [0.29, 0.717) is 0 Å². The SMILES string of the molecule is Brc1cc2c(c(C(Br)c3cc4ccccc4s3)c1)OCC2. The van der Waals surface area contributed by atoms with Crippen LogP contribution in [0, 0.1) is 0 Å². The van der Waals surface area contributed by atoms with Crippen LogP contribution >= 0.6 is 43.2 Å². The zero-order valence-corrected chi connectivity index (χ0v) is 15.1. The van der Waals surface area contributed by atoms with Crippen LogP contribution in [0.15, 0.2) is 46.9 Å². The molecule has 2 aromatic carbocycles. The molecule has 4 heteroatoms. The molecule has 0 fully saturated rings. The van der Waals surface area contributed by atoms with Gasteiger partial charge in [-0.25, -0.2) is 0 Å². The second-order valence-electron chi connectivity index (χ2n) is 5.13. The summed E-state index contributed by atoms with van der Waals surface area (Å²) in [5, 5.41) is 1.30. The predicted molar refractivity (Wildman–Crippen MR) is 95.9 cm³/mol. The molecular formula is C17H12Br2OS. The maximum Gasteiger partial charge on any atom is 0.127 e. The summed E-state index contributed by atoms with van der Waals surface area (Å²) in [5.41, 5.74) is 2.51. The largest absolute Gasteiger partial charge is 0.493 e. The third kappa shape index (κ3) is 2.43. The van der Waals surface area contributed by atoms with Gasteiger partial charge < -0.3 is 4.74 Å². The van der Waals surface area contributed by atoms with E-state index in [2.05, 4.69) is 74.3 Å². The highest BCUT2D eigenvalue weighted by atomic mass is 79.9. The van der Waals surface area contributed by atoms with Gasteiger partial charge in [0.25, 0.3) is 0 Å². The van der Waals surface area contributed by atoms with Crippen molar-refractivity contribution >= 4 is 53.3 Å². The molecule has 1 unspecified atom stereocenters. The Bertz CT molecular complexity index is 792. The number of alkyl halides is 1. The van der Waals surface area contributed by atoms with Crippen molar-refractivity contribution in [2.75, 3.05) is 6.61 Å². The van der Waals surface area contributed by atoms with Crippen molar-refractivity contribution < 1.29 is 4.74 Å². The number of thiophene rings is 1. The average molecular weight is 424 g/mol. The number of halogens is 2. The Morgan fingerprint density at radius 3 is 2.86 bits per heavy atom. The zero-order valence-electron chi connectivity index (χ0n) is 11.1. The van der Waals surface area contributed by atoms with Gasteiger partial charge in [-0.15, -0.1) is 11.3 Å². The lowest BCUT2D eigenvalue weighted by Gasteiger charge is -2.13. The molecule has 0 saturated carbocycles. The van der Waals surface area contributed by atoms with Crippen molar-refractivity contribution in [1.82, 2.24) is 0 Å². The fraction of sp³-hybridized carbons (Fsp3) is 0.176. The van der Waals surface area contributed by atoms with Crippen LogP contribution in [0.5, 0.6) is 5.75 Å². The first-order valence-corrected chi connectivity index (χ1v) is 9.32. The van der Waals surface area contributed by atoms with Crippen LogP contribution in [-0.2, 0) is 6.42 Å². The van der Waals surface area contributed by atoms with Gasteiger partial charge in [0.1, 0.15) is 5.75 Å². The minimum Gasteiger partial charge on any atom is -0.493 e. The van der Waals surface area contributed by atoms with E-state index < -0.39 is 0 Å². The van der Waals surface area contributed by atoms with Gasteiger partial charge >= 0.3 is 0 Å². The minimum absolute atomic E-state index is 0.166. The Morgan fingerprint density at radius 2 is 2.00 bits per heavy atom. The van der Waals surface area contributed by atoms with Crippen LogP contribution in [0.25, 0.3) is 10.1 Å². The van der Waals surface area contributed by atoms with E-state index in [-0.39, 0.29) is 4.83 Å². The second kappa shape index (κ2) is 5.41. The number of hydrogen-bond donors (Lipinski definition) is 0. The van der Waals surface area contributed by atoms with Crippen LogP contribution in [0.1, 0.15) is 20.8 Å². The lowest BCUT2D eigenvalue weighted by atomic mass is 10.0. The summed E-state index contributed by atoms with van der Waals surface area (Å²) in [4.78, 5) is 1.48. The maximum absolute atomic E-state index is 5.86. The minimum atomic E-state index is 0.166. The van der Waals surface area contributed by atoms with Crippen molar-refractivity contribution in [3.05, 3.63) is 62.9 Å². The lowest BCUT2D eigenvalue weighted by molar-refractivity contribution is 0.354. The molecule has 1 aromatic heterocycles. The molecule has 2 heterocycles. The van der Waals surface area contributed by atoms with E-state index in [4.69, 9.17) is 4.74 Å². The summed E-state index contributed by atoms with van der Waals surface area (Å²) >= 11 is 9.32. The van der Waals surface area contributed by atoms with E-state index in [9.17, 15) is 0 Å². The third-order valence-electron chi connectivity index (χ3n) is 3.74. The molecule has 1 atom stereocenters. The lowest BCUT2D eigenvalue weighted by Crippen LogP contribution is -1.95. The molecule has 0 bridgehead atoms. The first-order chi connectivity index (χ1) is 10.2. The molecular weight excluding hydrogens is 412 g/mol.